The molecule has 0 saturated carbocycles. The molecule has 0 aromatic rings. The van der Waals surface area contributed by atoms with Gasteiger partial charge in [0.2, 0.25) is 3.79 Å². The predicted octanol–water partition coefficient (Wildman–Crippen LogP) is 5.55. The maximum atomic E-state index is 5.94. The van der Waals surface area contributed by atoms with Crippen LogP contribution in [-0.4, -0.2) is 19.4 Å². The molecular weight excluding hydrogens is 332 g/mol. The summed E-state index contributed by atoms with van der Waals surface area (Å²) in [6, 6.07) is 0. The second kappa shape index (κ2) is 6.69. The second-order valence-electron chi connectivity index (χ2n) is 2.81. The van der Waals surface area contributed by atoms with Crippen molar-refractivity contribution in [3.63, 3.8) is 0 Å². The molecule has 14 heavy (non-hydrogen) atoms. The van der Waals surface area contributed by atoms with Gasteiger partial charge in [-0.1, -0.05) is 58.0 Å². The Kier molecular flexibility index (Phi) is 7.66. The fourth-order valence-corrected chi connectivity index (χ4v) is 2.61. The number of unbranched alkanes of at least 4 members (excludes halogenated alkanes) is 1. The Bertz CT molecular complexity index is 162. The van der Waals surface area contributed by atoms with Crippen molar-refractivity contribution < 1.29 is 0 Å². The van der Waals surface area contributed by atoms with Gasteiger partial charge in [-0.3, -0.25) is 0 Å². The van der Waals surface area contributed by atoms with Crippen LogP contribution in [0.15, 0.2) is 0 Å². The largest absolute Gasteiger partial charge is 0.209 e. The van der Waals surface area contributed by atoms with Crippen molar-refractivity contribution in [2.24, 2.45) is 0 Å². The van der Waals surface area contributed by atoms with Gasteiger partial charge in [0, 0.05) is 5.88 Å². The fraction of sp³-hybridized carbons (Fsp3) is 1.00. The molecule has 0 N–H and O–H groups in total. The average Bonchev–Trinajstić information content (AvgIpc) is 2.01. The Hall–Kier alpha value is 2.03. The molecule has 0 spiro atoms. The van der Waals surface area contributed by atoms with Crippen LogP contribution in [0.5, 0.6) is 0 Å². The molecule has 0 aromatic carbocycles. The van der Waals surface area contributed by atoms with Gasteiger partial charge in [0.15, 0.2) is 0 Å². The molecule has 0 aromatic heterocycles. The third-order valence-corrected chi connectivity index (χ3v) is 4.55. The highest BCUT2D eigenvalue weighted by Crippen LogP contribution is 2.46. The zero-order valence-electron chi connectivity index (χ0n) is 7.05. The SMILES string of the molecule is ClCCCCC(Cl)(Cl)C(Cl)C(Cl)(Cl)Cl. The van der Waals surface area contributed by atoms with Gasteiger partial charge in [-0.25, -0.2) is 0 Å². The lowest BCUT2D eigenvalue weighted by Crippen LogP contribution is -2.37. The van der Waals surface area contributed by atoms with Gasteiger partial charge in [-0.2, -0.15) is 0 Å². The number of hydrogen-bond donors (Lipinski definition) is 0. The summed E-state index contributed by atoms with van der Waals surface area (Å²) < 4.78 is -2.93. The summed E-state index contributed by atoms with van der Waals surface area (Å²) in [7, 11) is 0. The molecule has 0 amide bonds. The molecule has 7 heteroatoms. The van der Waals surface area contributed by atoms with Crippen molar-refractivity contribution >= 4 is 81.2 Å². The Morgan fingerprint density at radius 1 is 0.929 bits per heavy atom. The minimum absolute atomic E-state index is 0.435. The van der Waals surface area contributed by atoms with E-state index in [9.17, 15) is 0 Å². The highest BCUT2D eigenvalue weighted by molar-refractivity contribution is 6.72. The van der Waals surface area contributed by atoms with Gasteiger partial charge in [-0.15, -0.1) is 23.2 Å². The molecule has 0 fully saturated rings. The summed E-state index contributed by atoms with van der Waals surface area (Å²) in [4.78, 5) is 0. The Balaban J connectivity index is 4.16. The standard InChI is InChI=1S/C7H9Cl7/c8-4-2-1-3-6(10,11)5(9)7(12,13)14/h5H,1-4H2. The highest BCUT2D eigenvalue weighted by atomic mass is 35.6. The molecule has 86 valence electrons. The Morgan fingerprint density at radius 3 is 1.79 bits per heavy atom. The van der Waals surface area contributed by atoms with Gasteiger partial charge in [0.1, 0.15) is 9.71 Å². The first-order valence-electron chi connectivity index (χ1n) is 3.86. The van der Waals surface area contributed by atoms with Crippen LogP contribution in [0, 0.1) is 0 Å². The van der Waals surface area contributed by atoms with Gasteiger partial charge in [0.05, 0.1) is 0 Å². The van der Waals surface area contributed by atoms with Crippen molar-refractivity contribution in [3.05, 3.63) is 0 Å². The maximum Gasteiger partial charge on any atom is 0.209 e. The van der Waals surface area contributed by atoms with E-state index in [-0.39, 0.29) is 0 Å². The number of rotatable bonds is 5. The molecule has 0 aliphatic carbocycles. The molecule has 0 bridgehead atoms. The first kappa shape index (κ1) is 16.0. The molecule has 0 aliphatic rings. The van der Waals surface area contributed by atoms with E-state index in [4.69, 9.17) is 81.2 Å². The Morgan fingerprint density at radius 2 is 1.43 bits per heavy atom. The average molecular weight is 341 g/mol. The summed E-state index contributed by atoms with van der Waals surface area (Å²) in [5.41, 5.74) is 0. The van der Waals surface area contributed by atoms with Gasteiger partial charge in [0.25, 0.3) is 0 Å². The number of hydrogen-bond acceptors (Lipinski definition) is 0. The molecule has 1 unspecified atom stereocenters. The smallest absolute Gasteiger partial charge is 0.127 e. The van der Waals surface area contributed by atoms with E-state index in [1.807, 2.05) is 0 Å². The van der Waals surface area contributed by atoms with E-state index >= 15 is 0 Å². The molecule has 0 rings (SSSR count). The van der Waals surface area contributed by atoms with Crippen molar-refractivity contribution in [2.75, 3.05) is 5.88 Å². The lowest BCUT2D eigenvalue weighted by Gasteiger charge is -2.29. The van der Waals surface area contributed by atoms with Crippen LogP contribution in [0.25, 0.3) is 0 Å². The van der Waals surface area contributed by atoms with E-state index in [0.29, 0.717) is 12.3 Å². The van der Waals surface area contributed by atoms with Crippen molar-refractivity contribution in [1.82, 2.24) is 0 Å². The van der Waals surface area contributed by atoms with Crippen LogP contribution in [0.2, 0.25) is 0 Å². The molecule has 0 nitrogen and oxygen atoms in total. The normalized spacial score (nSPS) is 15.6. The van der Waals surface area contributed by atoms with E-state index < -0.39 is 13.5 Å². The van der Waals surface area contributed by atoms with Crippen molar-refractivity contribution in [1.29, 1.82) is 0 Å². The Labute approximate surface area is 119 Å². The van der Waals surface area contributed by atoms with E-state index in [1.54, 1.807) is 0 Å². The first-order valence-corrected chi connectivity index (χ1v) is 6.72. The fourth-order valence-electron chi connectivity index (χ4n) is 0.821. The van der Waals surface area contributed by atoms with Gasteiger partial charge < -0.3 is 0 Å². The van der Waals surface area contributed by atoms with Crippen molar-refractivity contribution in [2.45, 2.75) is 32.8 Å². The predicted molar refractivity (Wildman–Crippen MR) is 68.9 cm³/mol. The second-order valence-corrected chi connectivity index (χ2v) is 7.54. The number of halogens is 7. The highest BCUT2D eigenvalue weighted by Gasteiger charge is 2.45. The minimum Gasteiger partial charge on any atom is -0.127 e. The van der Waals surface area contributed by atoms with Crippen LogP contribution in [0.4, 0.5) is 0 Å². The first-order chi connectivity index (χ1) is 6.22. The summed E-state index contributed by atoms with van der Waals surface area (Å²) in [5.74, 6) is 0.546. The third-order valence-electron chi connectivity index (χ3n) is 1.55. The zero-order valence-corrected chi connectivity index (χ0v) is 12.3. The van der Waals surface area contributed by atoms with Crippen LogP contribution < -0.4 is 0 Å². The molecular formula is C7H9Cl7. The van der Waals surface area contributed by atoms with E-state index in [2.05, 4.69) is 0 Å². The van der Waals surface area contributed by atoms with Crippen LogP contribution in [0.1, 0.15) is 19.3 Å². The topological polar surface area (TPSA) is 0 Å². The number of alkyl halides is 7. The maximum absolute atomic E-state index is 5.94. The lowest BCUT2D eigenvalue weighted by atomic mass is 10.1. The molecule has 0 aliphatic heterocycles. The molecule has 0 radical (unpaired) electrons. The monoisotopic (exact) mass is 338 g/mol. The van der Waals surface area contributed by atoms with Crippen molar-refractivity contribution in [3.8, 4) is 0 Å². The summed E-state index contributed by atoms with van der Waals surface area (Å²) in [6.45, 7) is 0. The molecule has 0 saturated heterocycles. The quantitative estimate of drug-likeness (QED) is 0.454. The van der Waals surface area contributed by atoms with E-state index in [1.165, 1.54) is 0 Å². The minimum atomic E-state index is -1.67. The van der Waals surface area contributed by atoms with Crippen LogP contribution in [-0.2, 0) is 0 Å². The van der Waals surface area contributed by atoms with Crippen LogP contribution >= 0.6 is 81.2 Å². The summed E-state index contributed by atoms with van der Waals surface area (Å²) in [5, 5.41) is -0.960. The summed E-state index contributed by atoms with van der Waals surface area (Å²) in [6.07, 6.45) is 1.97. The van der Waals surface area contributed by atoms with Crippen LogP contribution in [0.3, 0.4) is 0 Å². The van der Waals surface area contributed by atoms with Gasteiger partial charge >= 0.3 is 0 Å². The van der Waals surface area contributed by atoms with E-state index in [0.717, 1.165) is 12.8 Å². The van der Waals surface area contributed by atoms with Gasteiger partial charge in [-0.05, 0) is 19.3 Å². The molecule has 1 atom stereocenters. The molecule has 0 heterocycles. The third kappa shape index (κ3) is 5.94. The summed E-state index contributed by atoms with van der Waals surface area (Å²) >= 11 is 40.0. The lowest BCUT2D eigenvalue weighted by molar-refractivity contribution is 0.610. The zero-order chi connectivity index (χ0) is 11.4.